The maximum atomic E-state index is 12.9. The van der Waals surface area contributed by atoms with Crippen LogP contribution in [0.2, 0.25) is 0 Å². The molecule has 2 aromatic rings. The molecule has 1 fully saturated rings. The Balaban J connectivity index is 1.72. The molecule has 2 atom stereocenters. The zero-order chi connectivity index (χ0) is 21.2. The van der Waals surface area contributed by atoms with Gasteiger partial charge in [-0.2, -0.15) is 4.31 Å². The Kier molecular flexibility index (Phi) is 5.96. The van der Waals surface area contributed by atoms with Crippen LogP contribution in [0.5, 0.6) is 0 Å². The third kappa shape index (κ3) is 4.78. The number of ether oxygens (including phenoxy) is 1. The van der Waals surface area contributed by atoms with E-state index in [4.69, 9.17) is 4.74 Å². The summed E-state index contributed by atoms with van der Waals surface area (Å²) >= 11 is 0. The van der Waals surface area contributed by atoms with Gasteiger partial charge in [0, 0.05) is 36.5 Å². The smallest absolute Gasteiger partial charge is 0.269 e. The van der Waals surface area contributed by atoms with Crippen molar-refractivity contribution in [2.45, 2.75) is 31.0 Å². The minimum Gasteiger partial charge on any atom is -0.373 e. The molecule has 1 heterocycles. The number of carbonyl (C=O) groups is 1. The molecule has 1 aliphatic heterocycles. The highest BCUT2D eigenvalue weighted by molar-refractivity contribution is 7.89. The molecule has 0 radical (unpaired) electrons. The standard InChI is InChI=1S/C19H21N3O6S/c1-13-11-21(12-14(2)28-13)29(26,27)18-9-3-15(4-10-18)19(23)20-16-5-7-17(8-6-16)22(24)25/h3-10,13-14H,11-12H2,1-2H3,(H,20,23). The molecule has 1 aliphatic rings. The SMILES string of the molecule is CC1CN(S(=O)(=O)c2ccc(C(=O)Nc3ccc([N+](=O)[O-])cc3)cc2)CC(C)O1. The second-order valence-electron chi connectivity index (χ2n) is 6.86. The number of non-ortho nitro benzene ring substituents is 1. The Labute approximate surface area is 168 Å². The second kappa shape index (κ2) is 8.27. The number of nitro groups is 1. The predicted molar refractivity (Wildman–Crippen MR) is 106 cm³/mol. The molecular weight excluding hydrogens is 398 g/mol. The maximum Gasteiger partial charge on any atom is 0.269 e. The van der Waals surface area contributed by atoms with Crippen LogP contribution in [0, 0.1) is 10.1 Å². The maximum absolute atomic E-state index is 12.9. The van der Waals surface area contributed by atoms with E-state index in [0.717, 1.165) is 0 Å². The van der Waals surface area contributed by atoms with Gasteiger partial charge in [-0.15, -0.1) is 0 Å². The van der Waals surface area contributed by atoms with Crippen molar-refractivity contribution in [3.05, 3.63) is 64.2 Å². The van der Waals surface area contributed by atoms with Crippen LogP contribution < -0.4 is 5.32 Å². The molecule has 1 N–H and O–H groups in total. The van der Waals surface area contributed by atoms with Gasteiger partial charge in [-0.25, -0.2) is 8.42 Å². The van der Waals surface area contributed by atoms with Gasteiger partial charge in [0.25, 0.3) is 11.6 Å². The first-order valence-electron chi connectivity index (χ1n) is 8.98. The van der Waals surface area contributed by atoms with Crippen LogP contribution in [-0.4, -0.2) is 48.9 Å². The minimum atomic E-state index is -3.68. The van der Waals surface area contributed by atoms with E-state index in [-0.39, 0.29) is 41.4 Å². The fourth-order valence-electron chi connectivity index (χ4n) is 3.12. The Bertz CT molecular complexity index is 995. The van der Waals surface area contributed by atoms with Gasteiger partial charge in [-0.3, -0.25) is 14.9 Å². The van der Waals surface area contributed by atoms with Crippen molar-refractivity contribution in [3.8, 4) is 0 Å². The van der Waals surface area contributed by atoms with E-state index in [1.54, 1.807) is 0 Å². The van der Waals surface area contributed by atoms with Crippen LogP contribution in [0.15, 0.2) is 53.4 Å². The highest BCUT2D eigenvalue weighted by atomic mass is 32.2. The van der Waals surface area contributed by atoms with Crippen LogP contribution in [0.1, 0.15) is 24.2 Å². The van der Waals surface area contributed by atoms with Gasteiger partial charge in [0.15, 0.2) is 0 Å². The molecule has 2 aromatic carbocycles. The van der Waals surface area contributed by atoms with Crippen molar-refractivity contribution in [2.75, 3.05) is 18.4 Å². The lowest BCUT2D eigenvalue weighted by molar-refractivity contribution is -0.384. The summed E-state index contributed by atoms with van der Waals surface area (Å²) in [7, 11) is -3.68. The third-order valence-electron chi connectivity index (χ3n) is 4.48. The van der Waals surface area contributed by atoms with Crippen molar-refractivity contribution in [2.24, 2.45) is 0 Å². The number of anilines is 1. The van der Waals surface area contributed by atoms with E-state index < -0.39 is 20.9 Å². The number of benzene rings is 2. The van der Waals surface area contributed by atoms with Gasteiger partial charge in [0.1, 0.15) is 0 Å². The number of hydrogen-bond acceptors (Lipinski definition) is 6. The summed E-state index contributed by atoms with van der Waals surface area (Å²) < 4.78 is 32.7. The summed E-state index contributed by atoms with van der Waals surface area (Å²) in [6, 6.07) is 11.1. The monoisotopic (exact) mass is 419 g/mol. The molecule has 1 saturated heterocycles. The molecule has 0 saturated carbocycles. The molecule has 0 aliphatic carbocycles. The zero-order valence-corrected chi connectivity index (χ0v) is 16.8. The van der Waals surface area contributed by atoms with Crippen molar-refractivity contribution < 1.29 is 22.9 Å². The number of nitrogens with one attached hydrogen (secondary N) is 1. The molecule has 154 valence electrons. The Morgan fingerprint density at radius 3 is 2.14 bits per heavy atom. The molecular formula is C19H21N3O6S. The number of morpholine rings is 1. The summed E-state index contributed by atoms with van der Waals surface area (Å²) in [4.78, 5) is 22.6. The van der Waals surface area contributed by atoms with Crippen LogP contribution in [0.4, 0.5) is 11.4 Å². The molecule has 0 bridgehead atoms. The number of amides is 1. The van der Waals surface area contributed by atoms with Gasteiger partial charge in [0.2, 0.25) is 10.0 Å². The van der Waals surface area contributed by atoms with E-state index >= 15 is 0 Å². The lowest BCUT2D eigenvalue weighted by Crippen LogP contribution is -2.48. The zero-order valence-electron chi connectivity index (χ0n) is 15.9. The van der Waals surface area contributed by atoms with Gasteiger partial charge in [0.05, 0.1) is 22.0 Å². The second-order valence-corrected chi connectivity index (χ2v) is 8.80. The van der Waals surface area contributed by atoms with E-state index in [1.165, 1.54) is 52.8 Å². The molecule has 10 heteroatoms. The van der Waals surface area contributed by atoms with Gasteiger partial charge in [-0.1, -0.05) is 0 Å². The van der Waals surface area contributed by atoms with Crippen LogP contribution in [0.3, 0.4) is 0 Å². The van der Waals surface area contributed by atoms with Crippen molar-refractivity contribution in [3.63, 3.8) is 0 Å². The first-order chi connectivity index (χ1) is 13.7. The lowest BCUT2D eigenvalue weighted by atomic mass is 10.2. The largest absolute Gasteiger partial charge is 0.373 e. The fourth-order valence-corrected chi connectivity index (χ4v) is 4.71. The molecule has 3 rings (SSSR count). The quantitative estimate of drug-likeness (QED) is 0.588. The van der Waals surface area contributed by atoms with Gasteiger partial charge in [-0.05, 0) is 50.2 Å². The van der Waals surface area contributed by atoms with E-state index in [2.05, 4.69) is 5.32 Å². The number of nitrogens with zero attached hydrogens (tertiary/aromatic N) is 2. The number of nitro benzene ring substituents is 1. The molecule has 0 aromatic heterocycles. The third-order valence-corrected chi connectivity index (χ3v) is 6.32. The number of sulfonamides is 1. The van der Waals surface area contributed by atoms with Crippen molar-refractivity contribution >= 4 is 27.3 Å². The number of rotatable bonds is 5. The summed E-state index contributed by atoms with van der Waals surface area (Å²) in [5.74, 6) is -0.448. The average Bonchev–Trinajstić information content (AvgIpc) is 2.67. The van der Waals surface area contributed by atoms with E-state index in [0.29, 0.717) is 5.69 Å². The first kappa shape index (κ1) is 20.9. The lowest BCUT2D eigenvalue weighted by Gasteiger charge is -2.34. The van der Waals surface area contributed by atoms with Crippen LogP contribution in [0.25, 0.3) is 0 Å². The fraction of sp³-hybridized carbons (Fsp3) is 0.316. The number of carbonyl (C=O) groups excluding carboxylic acids is 1. The molecule has 9 nitrogen and oxygen atoms in total. The van der Waals surface area contributed by atoms with Crippen molar-refractivity contribution in [1.29, 1.82) is 0 Å². The summed E-state index contributed by atoms with van der Waals surface area (Å²) in [6.45, 7) is 4.19. The predicted octanol–water partition coefficient (Wildman–Crippen LogP) is 2.65. The minimum absolute atomic E-state index is 0.0793. The Morgan fingerprint density at radius 2 is 1.62 bits per heavy atom. The first-order valence-corrected chi connectivity index (χ1v) is 10.4. The highest BCUT2D eigenvalue weighted by Gasteiger charge is 2.32. The van der Waals surface area contributed by atoms with Gasteiger partial charge < -0.3 is 10.1 Å². The Hall–Kier alpha value is -2.82. The molecule has 29 heavy (non-hydrogen) atoms. The van der Waals surface area contributed by atoms with E-state index in [1.807, 2.05) is 13.8 Å². The van der Waals surface area contributed by atoms with Gasteiger partial charge >= 0.3 is 0 Å². The molecule has 1 amide bonds. The topological polar surface area (TPSA) is 119 Å². The molecule has 0 spiro atoms. The average molecular weight is 419 g/mol. The van der Waals surface area contributed by atoms with Crippen LogP contribution >= 0.6 is 0 Å². The normalized spacial score (nSPS) is 20.2. The summed E-state index contributed by atoms with van der Waals surface area (Å²) in [5, 5.41) is 13.3. The van der Waals surface area contributed by atoms with Crippen molar-refractivity contribution in [1.82, 2.24) is 4.31 Å². The summed E-state index contributed by atoms with van der Waals surface area (Å²) in [6.07, 6.45) is -0.388. The van der Waals surface area contributed by atoms with E-state index in [9.17, 15) is 23.3 Å². The number of hydrogen-bond donors (Lipinski definition) is 1. The highest BCUT2D eigenvalue weighted by Crippen LogP contribution is 2.22. The molecule has 2 unspecified atom stereocenters. The Morgan fingerprint density at radius 1 is 1.07 bits per heavy atom. The summed E-state index contributed by atoms with van der Waals surface area (Å²) in [5.41, 5.74) is 0.587. The van der Waals surface area contributed by atoms with Crippen LogP contribution in [-0.2, 0) is 14.8 Å².